The average molecular weight is 233 g/mol. The van der Waals surface area contributed by atoms with Gasteiger partial charge in [-0.15, -0.1) is 0 Å². The first-order valence-electron chi connectivity index (χ1n) is 5.14. The molecule has 0 unspecified atom stereocenters. The molecule has 1 aromatic carbocycles. The number of aromatic nitrogens is 2. The summed E-state index contributed by atoms with van der Waals surface area (Å²) in [7, 11) is 0. The molecule has 1 heterocycles. The van der Waals surface area contributed by atoms with Gasteiger partial charge in [0.2, 0.25) is 0 Å². The van der Waals surface area contributed by atoms with Crippen molar-refractivity contribution < 1.29 is 4.39 Å². The van der Waals surface area contributed by atoms with E-state index in [9.17, 15) is 9.18 Å². The molecule has 0 saturated carbocycles. The number of hydrogen-bond acceptors (Lipinski definition) is 3. The first-order valence-corrected chi connectivity index (χ1v) is 5.14. The van der Waals surface area contributed by atoms with Crippen LogP contribution in [0.4, 0.5) is 10.1 Å². The molecule has 88 valence electrons. The van der Waals surface area contributed by atoms with Gasteiger partial charge in [0.15, 0.2) is 0 Å². The lowest BCUT2D eigenvalue weighted by Crippen LogP contribution is -2.23. The molecule has 17 heavy (non-hydrogen) atoms. The smallest absolute Gasteiger partial charge is 0.267 e. The maximum Gasteiger partial charge on any atom is 0.267 e. The molecule has 0 aliphatic carbocycles. The largest absolute Gasteiger partial charge is 0.399 e. The monoisotopic (exact) mass is 233 g/mol. The van der Waals surface area contributed by atoms with Crippen LogP contribution in [0.3, 0.4) is 0 Å². The number of anilines is 1. The van der Waals surface area contributed by atoms with Crippen LogP contribution < -0.4 is 11.3 Å². The normalized spacial score (nSPS) is 10.5. The van der Waals surface area contributed by atoms with E-state index in [1.165, 1.54) is 22.9 Å². The molecule has 0 spiro atoms. The SMILES string of the molecule is Cc1ccc(=O)n(Cc2cc(N)cc(F)c2)n1. The minimum absolute atomic E-state index is 0.211. The Balaban J connectivity index is 2.37. The van der Waals surface area contributed by atoms with Crippen molar-refractivity contribution >= 4 is 5.69 Å². The summed E-state index contributed by atoms with van der Waals surface area (Å²) in [6, 6.07) is 7.27. The fraction of sp³-hybridized carbons (Fsp3) is 0.167. The van der Waals surface area contributed by atoms with E-state index in [2.05, 4.69) is 5.10 Å². The third-order valence-electron chi connectivity index (χ3n) is 2.31. The summed E-state index contributed by atoms with van der Waals surface area (Å²) in [5.74, 6) is -0.416. The molecular weight excluding hydrogens is 221 g/mol. The number of nitrogens with two attached hydrogens (primary N) is 1. The van der Waals surface area contributed by atoms with E-state index in [1.807, 2.05) is 0 Å². The van der Waals surface area contributed by atoms with Gasteiger partial charge in [0, 0.05) is 11.8 Å². The molecule has 2 rings (SSSR count). The molecule has 0 radical (unpaired) electrons. The number of nitrogens with zero attached hydrogens (tertiary/aromatic N) is 2. The number of benzene rings is 1. The van der Waals surface area contributed by atoms with E-state index in [1.54, 1.807) is 19.1 Å². The summed E-state index contributed by atoms with van der Waals surface area (Å²) in [5.41, 5.74) is 6.99. The lowest BCUT2D eigenvalue weighted by atomic mass is 10.2. The number of aryl methyl sites for hydroxylation is 1. The van der Waals surface area contributed by atoms with Crippen LogP contribution in [-0.4, -0.2) is 9.78 Å². The van der Waals surface area contributed by atoms with Gasteiger partial charge in [-0.2, -0.15) is 5.10 Å². The zero-order valence-electron chi connectivity index (χ0n) is 9.35. The van der Waals surface area contributed by atoms with Crippen molar-refractivity contribution in [1.29, 1.82) is 0 Å². The van der Waals surface area contributed by atoms with Crippen LogP contribution in [0.5, 0.6) is 0 Å². The van der Waals surface area contributed by atoms with E-state index >= 15 is 0 Å². The Morgan fingerprint density at radius 3 is 2.82 bits per heavy atom. The molecule has 0 amide bonds. The predicted molar refractivity (Wildman–Crippen MR) is 63.1 cm³/mol. The topological polar surface area (TPSA) is 60.9 Å². The van der Waals surface area contributed by atoms with Gasteiger partial charge < -0.3 is 5.73 Å². The second kappa shape index (κ2) is 4.37. The quantitative estimate of drug-likeness (QED) is 0.796. The third kappa shape index (κ3) is 2.69. The highest BCUT2D eigenvalue weighted by atomic mass is 19.1. The second-order valence-corrected chi connectivity index (χ2v) is 3.86. The second-order valence-electron chi connectivity index (χ2n) is 3.86. The fourth-order valence-corrected chi connectivity index (χ4v) is 1.60. The minimum Gasteiger partial charge on any atom is -0.399 e. The molecule has 0 atom stereocenters. The molecule has 0 bridgehead atoms. The summed E-state index contributed by atoms with van der Waals surface area (Å²) >= 11 is 0. The van der Waals surface area contributed by atoms with Gasteiger partial charge in [0.1, 0.15) is 5.82 Å². The minimum atomic E-state index is -0.416. The summed E-state index contributed by atoms with van der Waals surface area (Å²) in [6.45, 7) is 2.00. The summed E-state index contributed by atoms with van der Waals surface area (Å²) in [4.78, 5) is 11.5. The van der Waals surface area contributed by atoms with Crippen molar-refractivity contribution in [1.82, 2.24) is 9.78 Å². The van der Waals surface area contributed by atoms with Gasteiger partial charge in [0.05, 0.1) is 12.2 Å². The van der Waals surface area contributed by atoms with E-state index in [0.29, 0.717) is 11.3 Å². The van der Waals surface area contributed by atoms with Gasteiger partial charge in [-0.25, -0.2) is 9.07 Å². The standard InChI is InChI=1S/C12H12FN3O/c1-8-2-3-12(17)16(15-8)7-9-4-10(13)6-11(14)5-9/h2-6H,7,14H2,1H3. The highest BCUT2D eigenvalue weighted by molar-refractivity contribution is 5.41. The summed E-state index contributed by atoms with van der Waals surface area (Å²) in [5, 5.41) is 4.07. The Labute approximate surface area is 97.5 Å². The van der Waals surface area contributed by atoms with Crippen LogP contribution >= 0.6 is 0 Å². The van der Waals surface area contributed by atoms with Crippen molar-refractivity contribution in [2.75, 3.05) is 5.73 Å². The van der Waals surface area contributed by atoms with E-state index in [0.717, 1.165) is 5.69 Å². The molecule has 4 nitrogen and oxygen atoms in total. The fourth-order valence-electron chi connectivity index (χ4n) is 1.60. The number of hydrogen-bond donors (Lipinski definition) is 1. The number of rotatable bonds is 2. The highest BCUT2D eigenvalue weighted by Gasteiger charge is 2.02. The Morgan fingerprint density at radius 1 is 1.35 bits per heavy atom. The first kappa shape index (κ1) is 11.3. The lowest BCUT2D eigenvalue weighted by molar-refractivity contribution is 0.607. The van der Waals surface area contributed by atoms with Crippen LogP contribution in [0, 0.1) is 12.7 Å². The van der Waals surface area contributed by atoms with Crippen LogP contribution in [0.25, 0.3) is 0 Å². The Bertz CT molecular complexity index is 587. The van der Waals surface area contributed by atoms with Crippen molar-refractivity contribution in [2.45, 2.75) is 13.5 Å². The Morgan fingerprint density at radius 2 is 2.12 bits per heavy atom. The zero-order valence-corrected chi connectivity index (χ0v) is 9.35. The molecule has 0 aliphatic rings. The average Bonchev–Trinajstić information content (AvgIpc) is 2.22. The summed E-state index contributed by atoms with van der Waals surface area (Å²) < 4.78 is 14.4. The van der Waals surface area contributed by atoms with Crippen molar-refractivity contribution in [3.05, 3.63) is 57.8 Å². The molecular formula is C12H12FN3O. The van der Waals surface area contributed by atoms with Gasteiger partial charge in [-0.05, 0) is 36.8 Å². The first-order chi connectivity index (χ1) is 8.04. The van der Waals surface area contributed by atoms with Crippen LogP contribution in [0.2, 0.25) is 0 Å². The van der Waals surface area contributed by atoms with Crippen molar-refractivity contribution in [3.8, 4) is 0 Å². The maximum absolute atomic E-state index is 13.1. The number of halogens is 1. The van der Waals surface area contributed by atoms with E-state index in [4.69, 9.17) is 5.73 Å². The highest BCUT2D eigenvalue weighted by Crippen LogP contribution is 2.11. The predicted octanol–water partition coefficient (Wildman–Crippen LogP) is 1.32. The number of nitrogen functional groups attached to an aromatic ring is 1. The molecule has 2 N–H and O–H groups in total. The van der Waals surface area contributed by atoms with Gasteiger partial charge in [0.25, 0.3) is 5.56 Å². The third-order valence-corrected chi connectivity index (χ3v) is 2.31. The Kier molecular flexibility index (Phi) is 2.91. The summed E-state index contributed by atoms with van der Waals surface area (Å²) in [6.07, 6.45) is 0. The van der Waals surface area contributed by atoms with Crippen molar-refractivity contribution in [2.24, 2.45) is 0 Å². The Hall–Kier alpha value is -2.17. The molecule has 2 aromatic rings. The van der Waals surface area contributed by atoms with E-state index in [-0.39, 0.29) is 12.1 Å². The van der Waals surface area contributed by atoms with Crippen molar-refractivity contribution in [3.63, 3.8) is 0 Å². The molecule has 0 fully saturated rings. The van der Waals surface area contributed by atoms with Crippen LogP contribution in [0.1, 0.15) is 11.3 Å². The van der Waals surface area contributed by atoms with Gasteiger partial charge in [-0.3, -0.25) is 4.79 Å². The van der Waals surface area contributed by atoms with Crippen LogP contribution in [0.15, 0.2) is 35.1 Å². The zero-order chi connectivity index (χ0) is 12.4. The van der Waals surface area contributed by atoms with E-state index < -0.39 is 5.82 Å². The molecule has 0 aliphatic heterocycles. The molecule has 5 heteroatoms. The maximum atomic E-state index is 13.1. The van der Waals surface area contributed by atoms with Gasteiger partial charge >= 0.3 is 0 Å². The molecule has 0 saturated heterocycles. The van der Waals surface area contributed by atoms with Crippen LogP contribution in [-0.2, 0) is 6.54 Å². The molecule has 1 aromatic heterocycles. The lowest BCUT2D eigenvalue weighted by Gasteiger charge is -2.06. The van der Waals surface area contributed by atoms with Gasteiger partial charge in [-0.1, -0.05) is 0 Å².